The van der Waals surface area contributed by atoms with Crippen molar-refractivity contribution in [2.45, 2.75) is 26.7 Å². The van der Waals surface area contributed by atoms with E-state index in [0.29, 0.717) is 17.2 Å². The highest BCUT2D eigenvalue weighted by molar-refractivity contribution is 5.57. The average molecular weight is 220 g/mol. The molecule has 0 bridgehead atoms. The van der Waals surface area contributed by atoms with Gasteiger partial charge in [-0.2, -0.15) is 5.26 Å². The Bertz CT molecular complexity index is 380. The van der Waals surface area contributed by atoms with Crippen molar-refractivity contribution < 1.29 is 4.39 Å². The lowest BCUT2D eigenvalue weighted by Crippen LogP contribution is -2.04. The second-order valence-electron chi connectivity index (χ2n) is 4.26. The van der Waals surface area contributed by atoms with E-state index in [9.17, 15) is 4.39 Å². The molecular weight excluding hydrogens is 203 g/mol. The van der Waals surface area contributed by atoms with Crippen molar-refractivity contribution in [3.63, 3.8) is 0 Å². The Morgan fingerprint density at radius 1 is 1.44 bits per heavy atom. The summed E-state index contributed by atoms with van der Waals surface area (Å²) in [6.07, 6.45) is 2.20. The molecule has 2 nitrogen and oxygen atoms in total. The second-order valence-corrected chi connectivity index (χ2v) is 4.26. The lowest BCUT2D eigenvalue weighted by molar-refractivity contribution is 0.567. The maximum absolute atomic E-state index is 12.8. The van der Waals surface area contributed by atoms with Gasteiger partial charge in [-0.3, -0.25) is 0 Å². The predicted octanol–water partition coefficient (Wildman–Crippen LogP) is 3.55. The predicted molar refractivity (Wildman–Crippen MR) is 63.7 cm³/mol. The summed E-state index contributed by atoms with van der Waals surface area (Å²) in [6.45, 7) is 5.18. The Balaban J connectivity index is 2.51. The Labute approximate surface area is 96.1 Å². The van der Waals surface area contributed by atoms with Crippen molar-refractivity contribution in [1.82, 2.24) is 0 Å². The largest absolute Gasteiger partial charge is 0.384 e. The first-order valence-corrected chi connectivity index (χ1v) is 5.57. The fourth-order valence-electron chi connectivity index (χ4n) is 1.50. The summed E-state index contributed by atoms with van der Waals surface area (Å²) in [6, 6.07) is 6.22. The molecule has 1 rings (SSSR count). The van der Waals surface area contributed by atoms with Gasteiger partial charge in [0, 0.05) is 6.54 Å². The zero-order chi connectivity index (χ0) is 12.0. The normalized spacial score (nSPS) is 10.2. The number of benzene rings is 1. The van der Waals surface area contributed by atoms with Crippen LogP contribution in [-0.4, -0.2) is 6.54 Å². The van der Waals surface area contributed by atoms with Gasteiger partial charge in [0.1, 0.15) is 11.9 Å². The van der Waals surface area contributed by atoms with E-state index in [1.165, 1.54) is 12.1 Å². The van der Waals surface area contributed by atoms with Crippen molar-refractivity contribution in [2.75, 3.05) is 11.9 Å². The molecule has 0 amide bonds. The topological polar surface area (TPSA) is 35.8 Å². The van der Waals surface area contributed by atoms with E-state index in [2.05, 4.69) is 19.2 Å². The summed E-state index contributed by atoms with van der Waals surface area (Å²) in [7, 11) is 0. The van der Waals surface area contributed by atoms with E-state index >= 15 is 0 Å². The number of halogens is 1. The first-order chi connectivity index (χ1) is 7.63. The van der Waals surface area contributed by atoms with Crippen LogP contribution in [0.3, 0.4) is 0 Å². The third kappa shape index (κ3) is 3.90. The van der Waals surface area contributed by atoms with Crippen molar-refractivity contribution >= 4 is 5.69 Å². The van der Waals surface area contributed by atoms with Crippen LogP contribution >= 0.6 is 0 Å². The number of hydrogen-bond donors (Lipinski definition) is 1. The van der Waals surface area contributed by atoms with Gasteiger partial charge < -0.3 is 5.32 Å². The molecule has 16 heavy (non-hydrogen) atoms. The zero-order valence-electron chi connectivity index (χ0n) is 9.76. The quantitative estimate of drug-likeness (QED) is 0.770. The van der Waals surface area contributed by atoms with E-state index in [0.717, 1.165) is 19.4 Å². The van der Waals surface area contributed by atoms with E-state index in [1.54, 1.807) is 6.07 Å². The van der Waals surface area contributed by atoms with Gasteiger partial charge in [-0.25, -0.2) is 4.39 Å². The van der Waals surface area contributed by atoms with Crippen LogP contribution in [0.15, 0.2) is 18.2 Å². The van der Waals surface area contributed by atoms with Gasteiger partial charge >= 0.3 is 0 Å². The third-order valence-electron chi connectivity index (χ3n) is 2.38. The highest BCUT2D eigenvalue weighted by atomic mass is 19.1. The zero-order valence-corrected chi connectivity index (χ0v) is 9.76. The number of nitrogens with one attached hydrogen (secondary N) is 1. The third-order valence-corrected chi connectivity index (χ3v) is 2.38. The van der Waals surface area contributed by atoms with Gasteiger partial charge in [0.15, 0.2) is 0 Å². The molecule has 0 aliphatic heterocycles. The molecule has 0 aliphatic rings. The molecular formula is C13H17FN2. The molecule has 0 saturated carbocycles. The number of nitrogens with zero attached hydrogens (tertiary/aromatic N) is 1. The standard InChI is InChI=1S/C13H17FN2/c1-10(2)4-3-7-16-13-6-5-12(14)8-11(13)9-15/h5-6,8,10,16H,3-4,7H2,1-2H3. The maximum atomic E-state index is 12.8. The number of anilines is 1. The van der Waals surface area contributed by atoms with Crippen LogP contribution in [0.25, 0.3) is 0 Å². The SMILES string of the molecule is CC(C)CCCNc1ccc(F)cc1C#N. The fourth-order valence-corrected chi connectivity index (χ4v) is 1.50. The number of nitriles is 1. The molecule has 1 N–H and O–H groups in total. The summed E-state index contributed by atoms with van der Waals surface area (Å²) in [5.41, 5.74) is 1.08. The Hall–Kier alpha value is -1.56. The smallest absolute Gasteiger partial charge is 0.124 e. The van der Waals surface area contributed by atoms with Crippen LogP contribution in [0.1, 0.15) is 32.3 Å². The highest BCUT2D eigenvalue weighted by Gasteiger charge is 2.02. The molecule has 0 heterocycles. The molecule has 3 heteroatoms. The Morgan fingerprint density at radius 3 is 2.81 bits per heavy atom. The second kappa shape index (κ2) is 6.12. The van der Waals surface area contributed by atoms with Crippen LogP contribution in [0.4, 0.5) is 10.1 Å². The number of rotatable bonds is 5. The van der Waals surface area contributed by atoms with Crippen molar-refractivity contribution in [1.29, 1.82) is 5.26 Å². The molecule has 0 spiro atoms. The molecule has 0 atom stereocenters. The van der Waals surface area contributed by atoms with Crippen LogP contribution in [0.2, 0.25) is 0 Å². The first kappa shape index (κ1) is 12.5. The molecule has 0 radical (unpaired) electrons. The lowest BCUT2D eigenvalue weighted by Gasteiger charge is -2.09. The Kier molecular flexibility index (Phi) is 4.78. The molecule has 0 aromatic heterocycles. The van der Waals surface area contributed by atoms with E-state index < -0.39 is 0 Å². The molecule has 0 fully saturated rings. The van der Waals surface area contributed by atoms with Gasteiger partial charge in [0.05, 0.1) is 11.3 Å². The maximum Gasteiger partial charge on any atom is 0.124 e. The summed E-state index contributed by atoms with van der Waals surface area (Å²) in [5.74, 6) is 0.315. The van der Waals surface area contributed by atoms with Crippen LogP contribution in [-0.2, 0) is 0 Å². The first-order valence-electron chi connectivity index (χ1n) is 5.57. The molecule has 0 unspecified atom stereocenters. The van der Waals surface area contributed by atoms with Gasteiger partial charge in [-0.05, 0) is 37.0 Å². The monoisotopic (exact) mass is 220 g/mol. The summed E-state index contributed by atoms with van der Waals surface area (Å²) in [5, 5.41) is 12.0. The van der Waals surface area contributed by atoms with Gasteiger partial charge in [0.25, 0.3) is 0 Å². The minimum absolute atomic E-state index is 0.365. The number of hydrogen-bond acceptors (Lipinski definition) is 2. The lowest BCUT2D eigenvalue weighted by atomic mass is 10.1. The van der Waals surface area contributed by atoms with Crippen molar-refractivity contribution in [2.24, 2.45) is 5.92 Å². The van der Waals surface area contributed by atoms with Crippen molar-refractivity contribution in [3.8, 4) is 6.07 Å². The van der Waals surface area contributed by atoms with Gasteiger partial charge in [-0.15, -0.1) is 0 Å². The van der Waals surface area contributed by atoms with E-state index in [1.807, 2.05) is 6.07 Å². The van der Waals surface area contributed by atoms with Crippen LogP contribution < -0.4 is 5.32 Å². The van der Waals surface area contributed by atoms with E-state index in [4.69, 9.17) is 5.26 Å². The molecule has 1 aromatic rings. The van der Waals surface area contributed by atoms with Crippen LogP contribution in [0, 0.1) is 23.1 Å². The average Bonchev–Trinajstić information content (AvgIpc) is 2.25. The van der Waals surface area contributed by atoms with Crippen molar-refractivity contribution in [3.05, 3.63) is 29.6 Å². The molecule has 86 valence electrons. The Morgan fingerprint density at radius 2 is 2.19 bits per heavy atom. The minimum Gasteiger partial charge on any atom is -0.384 e. The molecule has 0 aliphatic carbocycles. The minimum atomic E-state index is -0.371. The van der Waals surface area contributed by atoms with Gasteiger partial charge in [0.2, 0.25) is 0 Å². The van der Waals surface area contributed by atoms with Crippen LogP contribution in [0.5, 0.6) is 0 Å². The van der Waals surface area contributed by atoms with E-state index in [-0.39, 0.29) is 5.82 Å². The summed E-state index contributed by atoms with van der Waals surface area (Å²) < 4.78 is 12.8. The summed E-state index contributed by atoms with van der Waals surface area (Å²) >= 11 is 0. The fraction of sp³-hybridized carbons (Fsp3) is 0.462. The molecule has 1 aromatic carbocycles. The van der Waals surface area contributed by atoms with Gasteiger partial charge in [-0.1, -0.05) is 13.8 Å². The molecule has 0 saturated heterocycles. The summed E-state index contributed by atoms with van der Waals surface area (Å²) in [4.78, 5) is 0. The highest BCUT2D eigenvalue weighted by Crippen LogP contribution is 2.16.